The van der Waals surface area contributed by atoms with Crippen molar-refractivity contribution in [2.24, 2.45) is 4.99 Å². The van der Waals surface area contributed by atoms with Gasteiger partial charge in [0.25, 0.3) is 0 Å². The van der Waals surface area contributed by atoms with Crippen LogP contribution in [0.2, 0.25) is 0 Å². The number of nitrogens with one attached hydrogen (secondary N) is 2. The SMILES string of the molecule is CCc1nc2n(n1)CC(NC(=NCC(=O)N(C)C)NC1CCCCC1)CC2.I. The lowest BCUT2D eigenvalue weighted by molar-refractivity contribution is -0.127. The molecule has 9 heteroatoms. The fourth-order valence-electron chi connectivity index (χ4n) is 3.68. The molecule has 3 rings (SSSR count). The number of likely N-dealkylation sites (N-methyl/N-ethyl adjacent to an activating group) is 1. The van der Waals surface area contributed by atoms with E-state index in [1.807, 2.05) is 4.68 Å². The second-order valence-electron chi connectivity index (χ2n) is 7.79. The number of fused-ring (bicyclic) bond motifs is 1. The highest BCUT2D eigenvalue weighted by molar-refractivity contribution is 14.0. The van der Waals surface area contributed by atoms with Crippen LogP contribution in [0.5, 0.6) is 0 Å². The van der Waals surface area contributed by atoms with Crippen molar-refractivity contribution in [2.45, 2.75) is 76.9 Å². The smallest absolute Gasteiger partial charge is 0.243 e. The number of nitrogens with zero attached hydrogens (tertiary/aromatic N) is 5. The predicted molar refractivity (Wildman–Crippen MR) is 121 cm³/mol. The fraction of sp³-hybridized carbons (Fsp3) is 0.789. The van der Waals surface area contributed by atoms with Gasteiger partial charge in [-0.25, -0.2) is 14.7 Å². The fourth-order valence-corrected chi connectivity index (χ4v) is 3.68. The van der Waals surface area contributed by atoms with Crippen molar-refractivity contribution >= 4 is 35.8 Å². The Hall–Kier alpha value is -1.39. The van der Waals surface area contributed by atoms with E-state index in [1.54, 1.807) is 19.0 Å². The highest BCUT2D eigenvalue weighted by atomic mass is 127. The average Bonchev–Trinajstić information content (AvgIpc) is 3.09. The zero-order valence-electron chi connectivity index (χ0n) is 17.3. The van der Waals surface area contributed by atoms with Crippen LogP contribution in [0.1, 0.15) is 57.1 Å². The number of hydrogen-bond acceptors (Lipinski definition) is 4. The molecule has 1 aliphatic carbocycles. The molecular formula is C19H34IN7O. The second-order valence-corrected chi connectivity index (χ2v) is 7.79. The molecule has 1 fully saturated rings. The van der Waals surface area contributed by atoms with E-state index < -0.39 is 0 Å². The first-order valence-corrected chi connectivity index (χ1v) is 10.3. The number of hydrogen-bond donors (Lipinski definition) is 2. The summed E-state index contributed by atoms with van der Waals surface area (Å²) < 4.78 is 2.02. The predicted octanol–water partition coefficient (Wildman–Crippen LogP) is 1.73. The highest BCUT2D eigenvalue weighted by Crippen LogP contribution is 2.18. The molecule has 1 aromatic rings. The first-order chi connectivity index (χ1) is 13.0. The maximum atomic E-state index is 12.0. The number of halogens is 1. The summed E-state index contributed by atoms with van der Waals surface area (Å²) in [6.45, 7) is 3.03. The van der Waals surface area contributed by atoms with Crippen LogP contribution in [0, 0.1) is 0 Å². The van der Waals surface area contributed by atoms with Crippen molar-refractivity contribution < 1.29 is 4.79 Å². The third-order valence-electron chi connectivity index (χ3n) is 5.38. The van der Waals surface area contributed by atoms with Gasteiger partial charge in [-0.15, -0.1) is 24.0 Å². The molecule has 1 amide bonds. The summed E-state index contributed by atoms with van der Waals surface area (Å²) in [6.07, 6.45) is 8.93. The van der Waals surface area contributed by atoms with Crippen molar-refractivity contribution in [3.63, 3.8) is 0 Å². The zero-order chi connectivity index (χ0) is 19.2. The standard InChI is InChI=1S/C19H33N7O.HI/c1-4-16-23-17-11-10-15(13-26(17)24-16)22-19(20-12-18(27)25(2)3)21-14-8-6-5-7-9-14;/h14-15H,4-13H2,1-3H3,(H2,20,21,22);1H. The lowest BCUT2D eigenvalue weighted by Gasteiger charge is -2.29. The molecule has 0 spiro atoms. The van der Waals surface area contributed by atoms with Crippen molar-refractivity contribution in [1.29, 1.82) is 0 Å². The van der Waals surface area contributed by atoms with Crippen molar-refractivity contribution in [3.05, 3.63) is 11.6 Å². The molecule has 0 bridgehead atoms. The summed E-state index contributed by atoms with van der Waals surface area (Å²) in [5.74, 6) is 2.75. The summed E-state index contributed by atoms with van der Waals surface area (Å²) in [7, 11) is 3.52. The summed E-state index contributed by atoms with van der Waals surface area (Å²) in [5.41, 5.74) is 0. The number of aromatic nitrogens is 3. The molecule has 0 aromatic carbocycles. The molecule has 28 heavy (non-hydrogen) atoms. The Kier molecular flexibility index (Phi) is 8.97. The highest BCUT2D eigenvalue weighted by Gasteiger charge is 2.23. The Morgan fingerprint density at radius 2 is 1.89 bits per heavy atom. The second kappa shape index (κ2) is 11.0. The zero-order valence-corrected chi connectivity index (χ0v) is 19.6. The van der Waals surface area contributed by atoms with Crippen LogP contribution in [0.3, 0.4) is 0 Å². The van der Waals surface area contributed by atoms with Crippen LogP contribution in [0.15, 0.2) is 4.99 Å². The van der Waals surface area contributed by atoms with Crippen molar-refractivity contribution in [1.82, 2.24) is 30.3 Å². The van der Waals surface area contributed by atoms with Crippen molar-refractivity contribution in [3.8, 4) is 0 Å². The minimum Gasteiger partial charge on any atom is -0.354 e. The number of carbonyl (C=O) groups excluding carboxylic acids is 1. The largest absolute Gasteiger partial charge is 0.354 e. The molecule has 1 aliphatic heterocycles. The number of aryl methyl sites for hydroxylation is 2. The first-order valence-electron chi connectivity index (χ1n) is 10.3. The van der Waals surface area contributed by atoms with Gasteiger partial charge in [0.05, 0.1) is 6.54 Å². The van der Waals surface area contributed by atoms with E-state index in [9.17, 15) is 4.79 Å². The number of amides is 1. The Labute approximate surface area is 185 Å². The molecule has 2 N–H and O–H groups in total. The van der Waals surface area contributed by atoms with Gasteiger partial charge in [-0.3, -0.25) is 4.79 Å². The van der Waals surface area contributed by atoms with Gasteiger partial charge in [-0.05, 0) is 19.3 Å². The lowest BCUT2D eigenvalue weighted by atomic mass is 9.96. The normalized spacial score (nSPS) is 20.1. The third kappa shape index (κ3) is 6.31. The van der Waals surface area contributed by atoms with E-state index in [-0.39, 0.29) is 42.5 Å². The summed E-state index contributed by atoms with van der Waals surface area (Å²) >= 11 is 0. The number of carbonyl (C=O) groups is 1. The van der Waals surface area contributed by atoms with E-state index in [4.69, 9.17) is 0 Å². The van der Waals surface area contributed by atoms with E-state index in [1.165, 1.54) is 32.1 Å². The van der Waals surface area contributed by atoms with Crippen LogP contribution < -0.4 is 10.6 Å². The van der Waals surface area contributed by atoms with Crippen LogP contribution in [-0.2, 0) is 24.2 Å². The van der Waals surface area contributed by atoms with Crippen LogP contribution >= 0.6 is 24.0 Å². The molecule has 1 atom stereocenters. The quantitative estimate of drug-likeness (QED) is 0.363. The molecule has 0 radical (unpaired) electrons. The summed E-state index contributed by atoms with van der Waals surface area (Å²) in [5, 5.41) is 11.7. The summed E-state index contributed by atoms with van der Waals surface area (Å²) in [4.78, 5) is 22.7. The average molecular weight is 503 g/mol. The molecule has 1 unspecified atom stereocenters. The van der Waals surface area contributed by atoms with Gasteiger partial charge in [0.15, 0.2) is 11.8 Å². The van der Waals surface area contributed by atoms with E-state index >= 15 is 0 Å². The topological polar surface area (TPSA) is 87.4 Å². The molecule has 2 heterocycles. The lowest BCUT2D eigenvalue weighted by Crippen LogP contribution is -2.50. The molecular weight excluding hydrogens is 469 g/mol. The molecule has 158 valence electrons. The van der Waals surface area contributed by atoms with E-state index in [0.717, 1.165) is 43.4 Å². The molecule has 1 saturated carbocycles. The Morgan fingerprint density at radius 3 is 2.57 bits per heavy atom. The Morgan fingerprint density at radius 1 is 1.18 bits per heavy atom. The van der Waals surface area contributed by atoms with E-state index in [2.05, 4.69) is 32.6 Å². The van der Waals surface area contributed by atoms with Crippen LogP contribution in [0.4, 0.5) is 0 Å². The maximum Gasteiger partial charge on any atom is 0.243 e. The summed E-state index contributed by atoms with van der Waals surface area (Å²) in [6, 6.07) is 0.685. The minimum atomic E-state index is 0. The van der Waals surface area contributed by atoms with E-state index in [0.29, 0.717) is 6.04 Å². The molecule has 8 nitrogen and oxygen atoms in total. The van der Waals surface area contributed by atoms with Crippen molar-refractivity contribution in [2.75, 3.05) is 20.6 Å². The van der Waals surface area contributed by atoms with Gasteiger partial charge in [0.2, 0.25) is 5.91 Å². The number of aliphatic imine (C=N–C) groups is 1. The van der Waals surface area contributed by atoms with Crippen LogP contribution in [-0.4, -0.2) is 64.3 Å². The minimum absolute atomic E-state index is 0. The molecule has 1 aromatic heterocycles. The monoisotopic (exact) mass is 503 g/mol. The first kappa shape index (κ1) is 22.9. The third-order valence-corrected chi connectivity index (χ3v) is 5.38. The number of guanidine groups is 1. The van der Waals surface area contributed by atoms with Gasteiger partial charge >= 0.3 is 0 Å². The van der Waals surface area contributed by atoms with Crippen LogP contribution in [0.25, 0.3) is 0 Å². The number of rotatable bonds is 5. The molecule has 2 aliphatic rings. The van der Waals surface area contributed by atoms with Gasteiger partial charge < -0.3 is 15.5 Å². The van der Waals surface area contributed by atoms with Gasteiger partial charge in [-0.1, -0.05) is 26.2 Å². The Balaban J connectivity index is 0.00000280. The molecule has 0 saturated heterocycles. The van der Waals surface area contributed by atoms with Gasteiger partial charge in [0.1, 0.15) is 12.4 Å². The van der Waals surface area contributed by atoms with Gasteiger partial charge in [0, 0.05) is 39.0 Å². The Bertz CT molecular complexity index is 667. The van der Waals surface area contributed by atoms with Gasteiger partial charge in [-0.2, -0.15) is 5.10 Å². The maximum absolute atomic E-state index is 12.0.